The lowest BCUT2D eigenvalue weighted by atomic mass is 9.87. The van der Waals surface area contributed by atoms with Gasteiger partial charge in [0.15, 0.2) is 0 Å². The molecule has 0 aliphatic rings. The first-order valence-electron chi connectivity index (χ1n) is 9.55. The molecule has 3 heteroatoms. The van der Waals surface area contributed by atoms with Gasteiger partial charge >= 0.3 is 5.63 Å². The van der Waals surface area contributed by atoms with Crippen molar-refractivity contribution in [2.75, 3.05) is 0 Å². The second-order valence-corrected chi connectivity index (χ2v) is 7.05. The minimum absolute atomic E-state index is 0.0402. The molecule has 1 unspecified atom stereocenters. The predicted molar refractivity (Wildman–Crippen MR) is 112 cm³/mol. The van der Waals surface area contributed by atoms with Gasteiger partial charge in [0.2, 0.25) is 0 Å². The summed E-state index contributed by atoms with van der Waals surface area (Å²) < 4.78 is 5.41. The second kappa shape index (κ2) is 8.13. The highest BCUT2D eigenvalue weighted by Crippen LogP contribution is 2.30. The quantitative estimate of drug-likeness (QED) is 0.459. The number of hydrogen-bond donors (Lipinski definition) is 1. The molecule has 0 fully saturated rings. The summed E-state index contributed by atoms with van der Waals surface area (Å²) in [4.78, 5) is 12.4. The predicted octanol–water partition coefficient (Wildman–Crippen LogP) is 5.46. The van der Waals surface area contributed by atoms with E-state index in [0.717, 1.165) is 12.8 Å². The Labute approximate surface area is 163 Å². The minimum Gasteiger partial charge on any atom is -0.507 e. The third-order valence-electron chi connectivity index (χ3n) is 5.22. The summed E-state index contributed by atoms with van der Waals surface area (Å²) in [5.74, 6) is 0.284. The third kappa shape index (κ3) is 3.84. The first kappa shape index (κ1) is 18.1. The van der Waals surface area contributed by atoms with E-state index in [4.69, 9.17) is 4.42 Å². The molecule has 140 valence electrons. The normalized spacial score (nSPS) is 12.1. The summed E-state index contributed by atoms with van der Waals surface area (Å²) in [6.07, 6.45) is 2.09. The zero-order valence-corrected chi connectivity index (χ0v) is 15.5. The molecule has 0 bridgehead atoms. The van der Waals surface area contributed by atoms with Gasteiger partial charge in [-0.3, -0.25) is 0 Å². The Morgan fingerprint density at radius 2 is 1.46 bits per heavy atom. The first-order valence-corrected chi connectivity index (χ1v) is 9.55. The molecule has 1 atom stereocenters. The highest BCUT2D eigenvalue weighted by molar-refractivity contribution is 5.83. The van der Waals surface area contributed by atoms with Crippen LogP contribution in [0.25, 0.3) is 11.0 Å². The van der Waals surface area contributed by atoms with Crippen LogP contribution in [0.5, 0.6) is 5.75 Å². The average molecular weight is 370 g/mol. The van der Waals surface area contributed by atoms with Gasteiger partial charge in [0, 0.05) is 0 Å². The molecule has 1 aromatic heterocycles. The molecule has 0 saturated carbocycles. The van der Waals surface area contributed by atoms with Crippen molar-refractivity contribution in [3.8, 4) is 5.75 Å². The van der Waals surface area contributed by atoms with E-state index in [-0.39, 0.29) is 11.7 Å². The summed E-state index contributed by atoms with van der Waals surface area (Å²) in [5.41, 5.74) is 2.80. The highest BCUT2D eigenvalue weighted by atomic mass is 16.4. The number of rotatable bonds is 6. The van der Waals surface area contributed by atoms with E-state index in [2.05, 4.69) is 24.3 Å². The molecule has 4 aromatic rings. The van der Waals surface area contributed by atoms with Crippen molar-refractivity contribution >= 4 is 11.0 Å². The smallest absolute Gasteiger partial charge is 0.343 e. The van der Waals surface area contributed by atoms with Crippen LogP contribution in [0.15, 0.2) is 94.1 Å². The van der Waals surface area contributed by atoms with Gasteiger partial charge < -0.3 is 9.52 Å². The van der Waals surface area contributed by atoms with Gasteiger partial charge in [0.1, 0.15) is 11.3 Å². The zero-order chi connectivity index (χ0) is 19.3. The van der Waals surface area contributed by atoms with Crippen molar-refractivity contribution in [3.05, 3.63) is 112 Å². The molecule has 28 heavy (non-hydrogen) atoms. The van der Waals surface area contributed by atoms with Crippen molar-refractivity contribution in [1.82, 2.24) is 0 Å². The molecule has 0 radical (unpaired) electrons. The Kier molecular flexibility index (Phi) is 5.24. The summed E-state index contributed by atoms with van der Waals surface area (Å²) in [6.45, 7) is 0. The Morgan fingerprint density at radius 3 is 2.21 bits per heavy atom. The lowest BCUT2D eigenvalue weighted by Gasteiger charge is -2.18. The van der Waals surface area contributed by atoms with Gasteiger partial charge in [-0.05, 0) is 48.4 Å². The second-order valence-electron chi connectivity index (χ2n) is 7.05. The van der Waals surface area contributed by atoms with Crippen LogP contribution < -0.4 is 5.63 Å². The molecule has 3 aromatic carbocycles. The Bertz CT molecular complexity index is 1110. The molecule has 1 heterocycles. The topological polar surface area (TPSA) is 50.4 Å². The SMILES string of the molecule is O=c1oc2ccccc2c(O)c1CCC(Cc1ccccc1)c1ccccc1. The largest absolute Gasteiger partial charge is 0.507 e. The van der Waals surface area contributed by atoms with E-state index >= 15 is 0 Å². The molecule has 0 amide bonds. The lowest BCUT2D eigenvalue weighted by Crippen LogP contribution is -2.11. The molecule has 0 saturated heterocycles. The van der Waals surface area contributed by atoms with E-state index in [1.807, 2.05) is 42.5 Å². The van der Waals surface area contributed by atoms with Crippen molar-refractivity contribution in [1.29, 1.82) is 0 Å². The van der Waals surface area contributed by atoms with Gasteiger partial charge in [-0.15, -0.1) is 0 Å². The van der Waals surface area contributed by atoms with Gasteiger partial charge in [0.05, 0.1) is 10.9 Å². The maximum Gasteiger partial charge on any atom is 0.343 e. The fourth-order valence-electron chi connectivity index (χ4n) is 3.72. The van der Waals surface area contributed by atoms with E-state index < -0.39 is 5.63 Å². The number of para-hydroxylation sites is 1. The Hall–Kier alpha value is -3.33. The van der Waals surface area contributed by atoms with Gasteiger partial charge in [-0.1, -0.05) is 72.8 Å². The third-order valence-corrected chi connectivity index (χ3v) is 5.22. The summed E-state index contributed by atoms with van der Waals surface area (Å²) >= 11 is 0. The summed E-state index contributed by atoms with van der Waals surface area (Å²) in [7, 11) is 0. The van der Waals surface area contributed by atoms with Crippen LogP contribution >= 0.6 is 0 Å². The summed E-state index contributed by atoms with van der Waals surface area (Å²) in [6, 6.07) is 27.8. The minimum atomic E-state index is -0.456. The molecule has 0 spiro atoms. The van der Waals surface area contributed by atoms with Crippen LogP contribution in [0.3, 0.4) is 0 Å². The van der Waals surface area contributed by atoms with Crippen LogP contribution in [-0.2, 0) is 12.8 Å². The van der Waals surface area contributed by atoms with E-state index in [1.54, 1.807) is 18.2 Å². The Balaban J connectivity index is 1.63. The van der Waals surface area contributed by atoms with Gasteiger partial charge in [-0.2, -0.15) is 0 Å². The van der Waals surface area contributed by atoms with E-state index in [1.165, 1.54) is 11.1 Å². The molecule has 0 aliphatic heterocycles. The monoisotopic (exact) mass is 370 g/mol. The Morgan fingerprint density at radius 1 is 0.821 bits per heavy atom. The molecule has 4 rings (SSSR count). The molecule has 1 N–H and O–H groups in total. The van der Waals surface area contributed by atoms with Gasteiger partial charge in [-0.25, -0.2) is 4.79 Å². The fourth-order valence-corrected chi connectivity index (χ4v) is 3.72. The standard InChI is InChI=1S/C25H22O3/c26-24-21-13-7-8-14-23(21)28-25(27)22(24)16-15-20(19-11-5-2-6-12-19)17-18-9-3-1-4-10-18/h1-14,20,26H,15-17H2. The number of fused-ring (bicyclic) bond motifs is 1. The number of hydrogen-bond acceptors (Lipinski definition) is 3. The summed E-state index contributed by atoms with van der Waals surface area (Å²) in [5, 5.41) is 11.2. The van der Waals surface area contributed by atoms with Crippen molar-refractivity contribution in [2.24, 2.45) is 0 Å². The first-order chi connectivity index (χ1) is 13.7. The van der Waals surface area contributed by atoms with Crippen molar-refractivity contribution < 1.29 is 9.52 Å². The molecule has 3 nitrogen and oxygen atoms in total. The molecule has 0 aliphatic carbocycles. The van der Waals surface area contributed by atoms with Crippen LogP contribution in [-0.4, -0.2) is 5.11 Å². The zero-order valence-electron chi connectivity index (χ0n) is 15.5. The van der Waals surface area contributed by atoms with Crippen LogP contribution in [0.4, 0.5) is 0 Å². The fraction of sp³-hybridized carbons (Fsp3) is 0.160. The maximum absolute atomic E-state index is 12.4. The average Bonchev–Trinajstić information content (AvgIpc) is 2.74. The van der Waals surface area contributed by atoms with Crippen molar-refractivity contribution in [2.45, 2.75) is 25.2 Å². The van der Waals surface area contributed by atoms with Crippen LogP contribution in [0.1, 0.15) is 29.0 Å². The number of benzene rings is 3. The van der Waals surface area contributed by atoms with Gasteiger partial charge in [0.25, 0.3) is 0 Å². The maximum atomic E-state index is 12.4. The number of aromatic hydroxyl groups is 1. The molecular weight excluding hydrogens is 348 g/mol. The molecular formula is C25H22O3. The lowest BCUT2D eigenvalue weighted by molar-refractivity contribution is 0.452. The van der Waals surface area contributed by atoms with E-state index in [0.29, 0.717) is 23.0 Å². The van der Waals surface area contributed by atoms with Crippen molar-refractivity contribution in [3.63, 3.8) is 0 Å². The van der Waals surface area contributed by atoms with Crippen LogP contribution in [0.2, 0.25) is 0 Å². The van der Waals surface area contributed by atoms with E-state index in [9.17, 15) is 9.90 Å². The highest BCUT2D eigenvalue weighted by Gasteiger charge is 2.18. The van der Waals surface area contributed by atoms with Crippen LogP contribution in [0, 0.1) is 0 Å².